The van der Waals surface area contributed by atoms with Crippen molar-refractivity contribution >= 4 is 43.8 Å². The van der Waals surface area contributed by atoms with Crippen molar-refractivity contribution < 1.29 is 9.53 Å². The highest BCUT2D eigenvalue weighted by molar-refractivity contribution is 7.22. The molecule has 170 valence electrons. The van der Waals surface area contributed by atoms with Crippen LogP contribution in [0.5, 0.6) is 0 Å². The van der Waals surface area contributed by atoms with Crippen LogP contribution in [-0.4, -0.2) is 59.7 Å². The summed E-state index contributed by atoms with van der Waals surface area (Å²) in [6, 6.07) is 2.00. The number of piperidine rings is 1. The number of aromatic nitrogens is 2. The predicted molar refractivity (Wildman–Crippen MR) is 130 cm³/mol. The number of thiazole rings is 1. The summed E-state index contributed by atoms with van der Waals surface area (Å²) in [7, 11) is 1.79. The molecule has 0 bridgehead atoms. The van der Waals surface area contributed by atoms with Crippen molar-refractivity contribution in [3.63, 3.8) is 0 Å². The number of carbonyl (C=O) groups excluding carboxylic acids is 1. The first-order valence-electron chi connectivity index (χ1n) is 11.2. The zero-order chi connectivity index (χ0) is 22.1. The zero-order valence-electron chi connectivity index (χ0n) is 18.6. The highest BCUT2D eigenvalue weighted by atomic mass is 32.1. The van der Waals surface area contributed by atoms with Crippen LogP contribution >= 0.6 is 22.7 Å². The number of hydrogen-bond donors (Lipinski definition) is 2. The fourth-order valence-electron chi connectivity index (χ4n) is 4.44. The normalized spacial score (nSPS) is 18.6. The maximum Gasteiger partial charge on any atom is 0.226 e. The van der Waals surface area contributed by atoms with Crippen molar-refractivity contribution in [1.82, 2.24) is 20.2 Å². The molecule has 3 aromatic heterocycles. The van der Waals surface area contributed by atoms with Gasteiger partial charge < -0.3 is 20.3 Å². The number of amides is 1. The Labute approximate surface area is 196 Å². The molecular formula is C23H29N5O2S2. The molecule has 32 heavy (non-hydrogen) atoms. The molecule has 0 radical (unpaired) electrons. The SMILES string of the molecule is COC1(C)CCN(CCC(=O)Nc2sc3c(c2-c2nc4cnccc4s2)CCNC3)CC1. The Kier molecular flexibility index (Phi) is 6.26. The van der Waals surface area contributed by atoms with E-state index in [0.29, 0.717) is 6.42 Å². The van der Waals surface area contributed by atoms with Gasteiger partial charge in [0.2, 0.25) is 5.91 Å². The van der Waals surface area contributed by atoms with Crippen LogP contribution in [0.4, 0.5) is 5.00 Å². The average molecular weight is 472 g/mol. The topological polar surface area (TPSA) is 79.4 Å². The molecule has 5 rings (SSSR count). The molecule has 1 fully saturated rings. The Morgan fingerprint density at radius 2 is 2.19 bits per heavy atom. The van der Waals surface area contributed by atoms with E-state index in [1.807, 2.05) is 6.07 Å². The van der Waals surface area contributed by atoms with Gasteiger partial charge in [-0.2, -0.15) is 0 Å². The summed E-state index contributed by atoms with van der Waals surface area (Å²) in [5.74, 6) is 0.0701. The summed E-state index contributed by atoms with van der Waals surface area (Å²) in [5, 5.41) is 8.58. The van der Waals surface area contributed by atoms with Crippen molar-refractivity contribution in [1.29, 1.82) is 0 Å². The van der Waals surface area contributed by atoms with E-state index < -0.39 is 0 Å². The molecule has 2 aliphatic rings. The van der Waals surface area contributed by atoms with Crippen molar-refractivity contribution in [2.24, 2.45) is 0 Å². The largest absolute Gasteiger partial charge is 0.378 e. The second-order valence-corrected chi connectivity index (χ2v) is 10.9. The lowest BCUT2D eigenvalue weighted by Gasteiger charge is -2.38. The third kappa shape index (κ3) is 4.45. The molecule has 3 aromatic rings. The quantitative estimate of drug-likeness (QED) is 0.568. The molecule has 0 aromatic carbocycles. The van der Waals surface area contributed by atoms with Gasteiger partial charge in [0.25, 0.3) is 0 Å². The van der Waals surface area contributed by atoms with Gasteiger partial charge in [-0.05, 0) is 44.4 Å². The van der Waals surface area contributed by atoms with Gasteiger partial charge in [0, 0.05) is 56.3 Å². The monoisotopic (exact) mass is 471 g/mol. The van der Waals surface area contributed by atoms with E-state index in [1.165, 1.54) is 10.4 Å². The summed E-state index contributed by atoms with van der Waals surface area (Å²) in [4.78, 5) is 25.6. The second-order valence-electron chi connectivity index (χ2n) is 8.79. The van der Waals surface area contributed by atoms with Gasteiger partial charge in [0.15, 0.2) is 0 Å². The molecule has 2 aliphatic heterocycles. The summed E-state index contributed by atoms with van der Waals surface area (Å²) < 4.78 is 6.75. The molecule has 9 heteroatoms. The number of anilines is 1. The summed E-state index contributed by atoms with van der Waals surface area (Å²) >= 11 is 3.36. The molecule has 0 saturated carbocycles. The number of methoxy groups -OCH3 is 1. The van der Waals surface area contributed by atoms with Gasteiger partial charge in [-0.15, -0.1) is 22.7 Å². The van der Waals surface area contributed by atoms with Gasteiger partial charge in [-0.25, -0.2) is 4.98 Å². The maximum absolute atomic E-state index is 12.9. The molecule has 1 saturated heterocycles. The maximum atomic E-state index is 12.9. The molecular weight excluding hydrogens is 442 g/mol. The molecule has 2 N–H and O–H groups in total. The minimum Gasteiger partial charge on any atom is -0.378 e. The molecule has 0 spiro atoms. The number of fused-ring (bicyclic) bond motifs is 2. The number of rotatable bonds is 6. The molecule has 0 atom stereocenters. The number of likely N-dealkylation sites (tertiary alicyclic amines) is 1. The standard InChI is InChI=1S/C23H29N5O2S2/c1-23(30-2)6-11-28(12-7-23)10-5-19(29)27-22-20(15-3-8-25-14-18(15)32-22)21-26-16-13-24-9-4-17(16)31-21/h4,9,13,25H,3,5-8,10-12,14H2,1-2H3,(H,27,29). The van der Waals surface area contributed by atoms with Crippen molar-refractivity contribution in [2.75, 3.05) is 38.6 Å². The number of ether oxygens (including phenoxy) is 1. The van der Waals surface area contributed by atoms with Crippen LogP contribution in [0.15, 0.2) is 18.5 Å². The fourth-order valence-corrected chi connectivity index (χ4v) is 6.75. The van der Waals surface area contributed by atoms with Crippen LogP contribution in [0.1, 0.15) is 36.6 Å². The molecule has 5 heterocycles. The minimum atomic E-state index is -0.0233. The summed E-state index contributed by atoms with van der Waals surface area (Å²) in [6.07, 6.45) is 7.07. The number of hydrogen-bond acceptors (Lipinski definition) is 8. The van der Waals surface area contributed by atoms with E-state index >= 15 is 0 Å². The van der Waals surface area contributed by atoms with Crippen LogP contribution in [0.2, 0.25) is 0 Å². The number of nitrogens with one attached hydrogen (secondary N) is 2. The Hall–Kier alpha value is -1.91. The van der Waals surface area contributed by atoms with Crippen molar-refractivity contribution in [2.45, 2.75) is 44.8 Å². The first-order chi connectivity index (χ1) is 15.5. The minimum absolute atomic E-state index is 0.0233. The molecule has 0 aliphatic carbocycles. The van der Waals surface area contributed by atoms with E-state index in [2.05, 4.69) is 27.4 Å². The average Bonchev–Trinajstić information content (AvgIpc) is 3.39. The van der Waals surface area contributed by atoms with Gasteiger partial charge in [0.1, 0.15) is 15.5 Å². The van der Waals surface area contributed by atoms with E-state index in [0.717, 1.165) is 77.8 Å². The highest BCUT2D eigenvalue weighted by Gasteiger charge is 2.30. The predicted octanol–water partition coefficient (Wildman–Crippen LogP) is 3.90. The first-order valence-corrected chi connectivity index (χ1v) is 12.8. The molecule has 7 nitrogen and oxygen atoms in total. The first kappa shape index (κ1) is 21.9. The Morgan fingerprint density at radius 3 is 2.97 bits per heavy atom. The van der Waals surface area contributed by atoms with E-state index in [4.69, 9.17) is 9.72 Å². The van der Waals surface area contributed by atoms with Crippen LogP contribution in [0.3, 0.4) is 0 Å². The summed E-state index contributed by atoms with van der Waals surface area (Å²) in [5.41, 5.74) is 3.32. The van der Waals surface area contributed by atoms with Crippen molar-refractivity contribution in [3.8, 4) is 10.6 Å². The van der Waals surface area contributed by atoms with Gasteiger partial charge in [-0.1, -0.05) is 0 Å². The number of nitrogens with zero attached hydrogens (tertiary/aromatic N) is 3. The van der Waals surface area contributed by atoms with E-state index in [1.54, 1.807) is 42.2 Å². The summed E-state index contributed by atoms with van der Waals surface area (Å²) in [6.45, 7) is 6.70. The second kappa shape index (κ2) is 9.15. The number of carbonyl (C=O) groups is 1. The molecule has 0 unspecified atom stereocenters. The Balaban J connectivity index is 1.31. The third-order valence-electron chi connectivity index (χ3n) is 6.65. The van der Waals surface area contributed by atoms with E-state index in [9.17, 15) is 4.79 Å². The zero-order valence-corrected chi connectivity index (χ0v) is 20.2. The van der Waals surface area contributed by atoms with Crippen LogP contribution in [-0.2, 0) is 22.5 Å². The van der Waals surface area contributed by atoms with Gasteiger partial charge >= 0.3 is 0 Å². The van der Waals surface area contributed by atoms with Gasteiger partial charge in [0.05, 0.1) is 16.5 Å². The molecule has 1 amide bonds. The fraction of sp³-hybridized carbons (Fsp3) is 0.522. The lowest BCUT2D eigenvalue weighted by molar-refractivity contribution is -0.116. The van der Waals surface area contributed by atoms with Crippen LogP contribution in [0, 0.1) is 0 Å². The Morgan fingerprint density at radius 1 is 1.34 bits per heavy atom. The van der Waals surface area contributed by atoms with Crippen LogP contribution in [0.25, 0.3) is 20.8 Å². The third-order valence-corrected chi connectivity index (χ3v) is 8.85. The highest BCUT2D eigenvalue weighted by Crippen LogP contribution is 2.44. The lowest BCUT2D eigenvalue weighted by Crippen LogP contribution is -2.44. The number of pyridine rings is 1. The van der Waals surface area contributed by atoms with E-state index in [-0.39, 0.29) is 11.5 Å². The number of thiophene rings is 1. The lowest BCUT2D eigenvalue weighted by atomic mass is 9.93. The van der Waals surface area contributed by atoms with Crippen molar-refractivity contribution in [3.05, 3.63) is 28.9 Å². The van der Waals surface area contributed by atoms with Gasteiger partial charge in [-0.3, -0.25) is 9.78 Å². The van der Waals surface area contributed by atoms with Crippen LogP contribution < -0.4 is 10.6 Å². The Bertz CT molecular complexity index is 1080. The smallest absolute Gasteiger partial charge is 0.226 e.